The fourth-order valence-electron chi connectivity index (χ4n) is 5.56. The summed E-state index contributed by atoms with van der Waals surface area (Å²) in [6, 6.07) is 37.6. The number of aryl methyl sites for hydroxylation is 6. The first-order valence-electron chi connectivity index (χ1n) is 13.5. The van der Waals surface area contributed by atoms with Gasteiger partial charge in [0.25, 0.3) is 0 Å². The molecule has 0 aliphatic rings. The molecule has 0 heterocycles. The molecule has 196 valence electrons. The van der Waals surface area contributed by atoms with Crippen molar-refractivity contribution in [1.29, 1.82) is 0 Å². The van der Waals surface area contributed by atoms with Gasteiger partial charge >= 0.3 is 0 Å². The highest BCUT2D eigenvalue weighted by Crippen LogP contribution is 2.40. The second kappa shape index (κ2) is 11.5. The van der Waals surface area contributed by atoms with Crippen molar-refractivity contribution in [3.8, 4) is 0 Å². The van der Waals surface area contributed by atoms with Gasteiger partial charge in [0.1, 0.15) is 0 Å². The van der Waals surface area contributed by atoms with E-state index in [-0.39, 0.29) is 0 Å². The normalized spacial score (nSPS) is 11.1. The maximum atomic E-state index is 3.85. The van der Waals surface area contributed by atoms with Crippen molar-refractivity contribution in [1.82, 2.24) is 0 Å². The van der Waals surface area contributed by atoms with Crippen LogP contribution in [0.4, 0.5) is 22.7 Å². The molecule has 0 radical (unpaired) electrons. The first kappa shape index (κ1) is 26.7. The van der Waals surface area contributed by atoms with Crippen molar-refractivity contribution in [3.05, 3.63) is 137 Å². The molecule has 0 bridgehead atoms. The number of para-hydroxylation sites is 2. The van der Waals surface area contributed by atoms with E-state index in [1.807, 2.05) is 0 Å². The molecule has 3 heteroatoms. The molecule has 0 aliphatic carbocycles. The van der Waals surface area contributed by atoms with Crippen LogP contribution >= 0.6 is 7.92 Å². The molecule has 0 aromatic heterocycles. The minimum atomic E-state index is -0.856. The van der Waals surface area contributed by atoms with Gasteiger partial charge in [0.2, 0.25) is 0 Å². The monoisotopic (exact) mass is 528 g/mol. The third-order valence-corrected chi connectivity index (χ3v) is 9.74. The van der Waals surface area contributed by atoms with Gasteiger partial charge in [-0.25, -0.2) is 0 Å². The van der Waals surface area contributed by atoms with Crippen molar-refractivity contribution in [2.45, 2.75) is 41.5 Å². The van der Waals surface area contributed by atoms with Crippen LogP contribution in [-0.4, -0.2) is 0 Å². The van der Waals surface area contributed by atoms with Crippen molar-refractivity contribution in [2.24, 2.45) is 0 Å². The average molecular weight is 529 g/mol. The summed E-state index contributed by atoms with van der Waals surface area (Å²) in [4.78, 5) is 0. The molecular formula is C36H37N2P. The summed E-state index contributed by atoms with van der Waals surface area (Å²) < 4.78 is 0. The molecule has 0 unspecified atom stereocenters. The Morgan fingerprint density at radius 3 is 1.21 bits per heavy atom. The molecule has 0 atom stereocenters. The third-order valence-electron chi connectivity index (χ3n) is 7.18. The smallest absolute Gasteiger partial charge is 0.0469 e. The summed E-state index contributed by atoms with van der Waals surface area (Å²) in [5.41, 5.74) is 12.3. The van der Waals surface area contributed by atoms with Crippen LogP contribution in [0.25, 0.3) is 0 Å². The Bertz CT molecular complexity index is 1470. The Morgan fingerprint density at radius 2 is 0.795 bits per heavy atom. The van der Waals surface area contributed by atoms with Crippen LogP contribution in [0.2, 0.25) is 0 Å². The maximum Gasteiger partial charge on any atom is 0.0469 e. The highest BCUT2D eigenvalue weighted by molar-refractivity contribution is 7.80. The predicted octanol–water partition coefficient (Wildman–Crippen LogP) is 8.78. The standard InChI is InChI=1S/C36H37N2P/c1-24-20-26(3)35(27(4)21-24)37-31-16-10-12-18-33(31)39(30-14-8-7-9-15-30)34-19-13-11-17-32(34)38-36-28(5)22-25(2)23-29(36)6/h7-23,37-38H,1-6H3. The van der Waals surface area contributed by atoms with Gasteiger partial charge in [0.05, 0.1) is 0 Å². The van der Waals surface area contributed by atoms with Gasteiger partial charge in [-0.15, -0.1) is 0 Å². The molecule has 39 heavy (non-hydrogen) atoms. The number of hydrogen-bond acceptors (Lipinski definition) is 2. The first-order chi connectivity index (χ1) is 18.8. The molecule has 5 aromatic carbocycles. The van der Waals surface area contributed by atoms with E-state index >= 15 is 0 Å². The number of benzene rings is 5. The minimum Gasteiger partial charge on any atom is -0.355 e. The van der Waals surface area contributed by atoms with Crippen LogP contribution in [0, 0.1) is 41.5 Å². The minimum absolute atomic E-state index is 0.856. The van der Waals surface area contributed by atoms with Crippen molar-refractivity contribution < 1.29 is 0 Å². The van der Waals surface area contributed by atoms with Gasteiger partial charge in [-0.2, -0.15) is 0 Å². The van der Waals surface area contributed by atoms with Gasteiger partial charge in [-0.1, -0.05) is 102 Å². The number of anilines is 4. The number of rotatable bonds is 7. The lowest BCUT2D eigenvalue weighted by molar-refractivity contribution is 1.31. The van der Waals surface area contributed by atoms with Gasteiger partial charge in [-0.3, -0.25) is 0 Å². The zero-order chi connectivity index (χ0) is 27.5. The fraction of sp³-hybridized carbons (Fsp3) is 0.167. The van der Waals surface area contributed by atoms with Crippen LogP contribution < -0.4 is 26.5 Å². The largest absolute Gasteiger partial charge is 0.355 e. The molecule has 5 aromatic rings. The summed E-state index contributed by atoms with van der Waals surface area (Å²) in [6.07, 6.45) is 0. The Morgan fingerprint density at radius 1 is 0.436 bits per heavy atom. The fourth-order valence-corrected chi connectivity index (χ4v) is 8.06. The van der Waals surface area contributed by atoms with Gasteiger partial charge in [-0.05, 0) is 89.2 Å². The second-order valence-corrected chi connectivity index (χ2v) is 12.7. The Kier molecular flexibility index (Phi) is 7.87. The lowest BCUT2D eigenvalue weighted by Crippen LogP contribution is -2.24. The van der Waals surface area contributed by atoms with E-state index in [1.54, 1.807) is 0 Å². The summed E-state index contributed by atoms with van der Waals surface area (Å²) >= 11 is 0. The molecule has 0 fully saturated rings. The van der Waals surface area contributed by atoms with Crippen molar-refractivity contribution in [3.63, 3.8) is 0 Å². The quantitative estimate of drug-likeness (QED) is 0.206. The van der Waals surface area contributed by atoms with E-state index in [0.717, 1.165) is 11.4 Å². The van der Waals surface area contributed by atoms with E-state index < -0.39 is 7.92 Å². The zero-order valence-corrected chi connectivity index (χ0v) is 24.7. The Labute approximate surface area is 234 Å². The molecule has 0 aliphatic heterocycles. The molecule has 0 spiro atoms. The van der Waals surface area contributed by atoms with Gasteiger partial charge in [0.15, 0.2) is 0 Å². The van der Waals surface area contributed by atoms with Crippen LogP contribution in [0.5, 0.6) is 0 Å². The van der Waals surface area contributed by atoms with Gasteiger partial charge in [0, 0.05) is 33.4 Å². The summed E-state index contributed by atoms with van der Waals surface area (Å²) in [7, 11) is -0.856. The van der Waals surface area contributed by atoms with E-state index in [4.69, 9.17) is 0 Å². The molecular weight excluding hydrogens is 491 g/mol. The average Bonchev–Trinajstić information content (AvgIpc) is 2.90. The van der Waals surface area contributed by atoms with Crippen LogP contribution in [0.15, 0.2) is 103 Å². The highest BCUT2D eigenvalue weighted by atomic mass is 31.1. The lowest BCUT2D eigenvalue weighted by Gasteiger charge is -2.26. The van der Waals surface area contributed by atoms with Crippen molar-refractivity contribution in [2.75, 3.05) is 10.6 Å². The van der Waals surface area contributed by atoms with Crippen LogP contribution in [-0.2, 0) is 0 Å². The number of hydrogen-bond donors (Lipinski definition) is 2. The van der Waals surface area contributed by atoms with E-state index in [2.05, 4.69) is 155 Å². The van der Waals surface area contributed by atoms with E-state index in [0.29, 0.717) is 0 Å². The molecule has 0 saturated carbocycles. The SMILES string of the molecule is Cc1cc(C)c(Nc2ccccc2P(c2ccccc2)c2ccccc2Nc2c(C)cc(C)cc2C)c(C)c1. The Hall–Kier alpha value is -3.87. The predicted molar refractivity (Wildman–Crippen MR) is 173 cm³/mol. The zero-order valence-electron chi connectivity index (χ0n) is 23.8. The Balaban J connectivity index is 1.66. The van der Waals surface area contributed by atoms with E-state index in [1.165, 1.54) is 60.7 Å². The van der Waals surface area contributed by atoms with Gasteiger partial charge < -0.3 is 10.6 Å². The molecule has 0 amide bonds. The summed E-state index contributed by atoms with van der Waals surface area (Å²) in [6.45, 7) is 13.1. The maximum absolute atomic E-state index is 3.85. The lowest BCUT2D eigenvalue weighted by atomic mass is 10.0. The third kappa shape index (κ3) is 5.77. The van der Waals surface area contributed by atoms with Crippen molar-refractivity contribution >= 4 is 46.6 Å². The number of nitrogens with one attached hydrogen (secondary N) is 2. The van der Waals surface area contributed by atoms with E-state index in [9.17, 15) is 0 Å². The van der Waals surface area contributed by atoms with Crippen LogP contribution in [0.3, 0.4) is 0 Å². The molecule has 0 saturated heterocycles. The van der Waals surface area contributed by atoms with Crippen LogP contribution in [0.1, 0.15) is 33.4 Å². The highest BCUT2D eigenvalue weighted by Gasteiger charge is 2.23. The second-order valence-electron chi connectivity index (χ2n) is 10.5. The molecule has 5 rings (SSSR count). The summed E-state index contributed by atoms with van der Waals surface area (Å²) in [5.74, 6) is 0. The first-order valence-corrected chi connectivity index (χ1v) is 14.9. The molecule has 2 nitrogen and oxygen atoms in total. The summed E-state index contributed by atoms with van der Waals surface area (Å²) in [5, 5.41) is 11.6. The molecule has 2 N–H and O–H groups in total. The topological polar surface area (TPSA) is 24.1 Å².